The maximum atomic E-state index is 9.79. The van der Waals surface area contributed by atoms with E-state index in [1.54, 1.807) is 0 Å². The molecule has 3 heteroatoms. The summed E-state index contributed by atoms with van der Waals surface area (Å²) in [6, 6.07) is 0. The smallest absolute Gasteiger partial charge is 0.0487 e. The van der Waals surface area contributed by atoms with Crippen LogP contribution in [0, 0.1) is 22.2 Å². The van der Waals surface area contributed by atoms with Crippen molar-refractivity contribution in [3.05, 3.63) is 0 Å². The van der Waals surface area contributed by atoms with Crippen LogP contribution in [-0.2, 0) is 0 Å². The van der Waals surface area contributed by atoms with Crippen LogP contribution in [0.1, 0.15) is 46.0 Å². The number of fused-ring (bicyclic) bond motifs is 2. The molecule has 17 heavy (non-hydrogen) atoms. The second kappa shape index (κ2) is 4.22. The number of hydrogen-bond donors (Lipinski definition) is 3. The van der Waals surface area contributed by atoms with E-state index in [2.05, 4.69) is 13.8 Å². The van der Waals surface area contributed by atoms with Gasteiger partial charge in [-0.05, 0) is 54.3 Å². The van der Waals surface area contributed by atoms with Crippen molar-refractivity contribution < 1.29 is 15.3 Å². The van der Waals surface area contributed by atoms with Crippen LogP contribution in [0.25, 0.3) is 0 Å². The van der Waals surface area contributed by atoms with Gasteiger partial charge in [-0.3, -0.25) is 0 Å². The largest absolute Gasteiger partial charge is 0.396 e. The van der Waals surface area contributed by atoms with Gasteiger partial charge in [0, 0.05) is 19.8 Å². The first-order valence-electron chi connectivity index (χ1n) is 6.71. The minimum atomic E-state index is -0.0733. The molecule has 2 saturated carbocycles. The summed E-state index contributed by atoms with van der Waals surface area (Å²) >= 11 is 0. The predicted octanol–water partition coefficient (Wildman–Crippen LogP) is 1.56. The van der Waals surface area contributed by atoms with Gasteiger partial charge in [-0.1, -0.05) is 13.8 Å². The molecule has 2 unspecified atom stereocenters. The molecule has 100 valence electrons. The lowest BCUT2D eigenvalue weighted by Crippen LogP contribution is -2.51. The molecule has 2 rings (SSSR count). The van der Waals surface area contributed by atoms with Gasteiger partial charge in [-0.2, -0.15) is 0 Å². The van der Waals surface area contributed by atoms with E-state index in [4.69, 9.17) is 0 Å². The molecule has 3 nitrogen and oxygen atoms in total. The molecule has 2 aliphatic carbocycles. The summed E-state index contributed by atoms with van der Waals surface area (Å²) < 4.78 is 0. The van der Waals surface area contributed by atoms with Crippen molar-refractivity contribution in [3.63, 3.8) is 0 Å². The Hall–Kier alpha value is -0.120. The molecule has 0 amide bonds. The molecule has 0 aromatic heterocycles. The average molecular weight is 242 g/mol. The summed E-state index contributed by atoms with van der Waals surface area (Å²) in [5.41, 5.74) is -0.152. The van der Waals surface area contributed by atoms with E-state index in [0.29, 0.717) is 5.92 Å². The molecule has 0 aromatic rings. The van der Waals surface area contributed by atoms with Gasteiger partial charge in [0.05, 0.1) is 0 Å². The lowest BCUT2D eigenvalue weighted by Gasteiger charge is -2.56. The van der Waals surface area contributed by atoms with Gasteiger partial charge in [0.15, 0.2) is 0 Å². The third kappa shape index (κ3) is 2.38. The third-order valence-electron chi connectivity index (χ3n) is 4.99. The molecule has 2 atom stereocenters. The molecule has 0 aromatic carbocycles. The molecule has 0 spiro atoms. The van der Waals surface area contributed by atoms with Crippen LogP contribution in [0.15, 0.2) is 0 Å². The molecular formula is C14H26O3. The van der Waals surface area contributed by atoms with Crippen molar-refractivity contribution in [2.75, 3.05) is 19.8 Å². The van der Waals surface area contributed by atoms with Crippen LogP contribution in [0.5, 0.6) is 0 Å². The average Bonchev–Trinajstić information content (AvgIpc) is 2.27. The van der Waals surface area contributed by atoms with E-state index in [1.165, 1.54) is 0 Å². The molecule has 2 aliphatic rings. The summed E-state index contributed by atoms with van der Waals surface area (Å²) in [6.45, 7) is 4.87. The fraction of sp³-hybridized carbons (Fsp3) is 1.00. The van der Waals surface area contributed by atoms with Gasteiger partial charge in [-0.25, -0.2) is 0 Å². The molecule has 2 bridgehead atoms. The lowest BCUT2D eigenvalue weighted by atomic mass is 9.49. The number of aliphatic hydroxyl groups is 3. The van der Waals surface area contributed by atoms with Crippen LogP contribution in [0.2, 0.25) is 0 Å². The minimum Gasteiger partial charge on any atom is -0.396 e. The summed E-state index contributed by atoms with van der Waals surface area (Å²) in [6.07, 6.45) is 4.90. The highest BCUT2D eigenvalue weighted by molar-refractivity contribution is 5.03. The first-order chi connectivity index (χ1) is 7.88. The van der Waals surface area contributed by atoms with Crippen LogP contribution in [0.3, 0.4) is 0 Å². The van der Waals surface area contributed by atoms with Crippen molar-refractivity contribution in [2.45, 2.75) is 46.0 Å². The summed E-state index contributed by atoms with van der Waals surface area (Å²) in [5.74, 6) is 0.541. The normalized spacial score (nSPS) is 50.3. The maximum Gasteiger partial charge on any atom is 0.0487 e. The van der Waals surface area contributed by atoms with E-state index < -0.39 is 0 Å². The molecule has 0 aliphatic heterocycles. The van der Waals surface area contributed by atoms with E-state index in [9.17, 15) is 15.3 Å². The lowest BCUT2D eigenvalue weighted by molar-refractivity contribution is -0.113. The Morgan fingerprint density at radius 1 is 0.824 bits per heavy atom. The van der Waals surface area contributed by atoms with Gasteiger partial charge in [0.2, 0.25) is 0 Å². The molecule has 0 radical (unpaired) electrons. The topological polar surface area (TPSA) is 60.7 Å². The van der Waals surface area contributed by atoms with E-state index in [0.717, 1.165) is 32.1 Å². The van der Waals surface area contributed by atoms with Crippen molar-refractivity contribution >= 4 is 0 Å². The summed E-state index contributed by atoms with van der Waals surface area (Å²) in [5, 5.41) is 28.9. The van der Waals surface area contributed by atoms with Gasteiger partial charge in [-0.15, -0.1) is 0 Å². The molecule has 0 heterocycles. The van der Waals surface area contributed by atoms with Crippen molar-refractivity contribution in [3.8, 4) is 0 Å². The van der Waals surface area contributed by atoms with E-state index >= 15 is 0 Å². The Labute approximate surface area is 104 Å². The van der Waals surface area contributed by atoms with Crippen molar-refractivity contribution in [2.24, 2.45) is 22.2 Å². The summed E-state index contributed by atoms with van der Waals surface area (Å²) in [7, 11) is 0. The fourth-order valence-electron chi connectivity index (χ4n) is 4.80. The van der Waals surface area contributed by atoms with Gasteiger partial charge < -0.3 is 15.3 Å². The molecular weight excluding hydrogens is 216 g/mol. The minimum absolute atomic E-state index is 0.0393. The molecule has 0 saturated heterocycles. The monoisotopic (exact) mass is 242 g/mol. The number of aliphatic hydroxyl groups excluding tert-OH is 3. The van der Waals surface area contributed by atoms with Crippen molar-refractivity contribution in [1.29, 1.82) is 0 Å². The Kier molecular flexibility index (Phi) is 3.30. The van der Waals surface area contributed by atoms with Gasteiger partial charge in [0.25, 0.3) is 0 Å². The SMILES string of the molecule is CC1(CO)CC2CC(C)(CO)CC(CO)(C2)C1. The van der Waals surface area contributed by atoms with Crippen LogP contribution >= 0.6 is 0 Å². The molecule has 3 N–H and O–H groups in total. The Morgan fingerprint density at radius 3 is 1.65 bits per heavy atom. The van der Waals surface area contributed by atoms with Crippen LogP contribution in [-0.4, -0.2) is 35.1 Å². The van der Waals surface area contributed by atoms with Crippen LogP contribution in [0.4, 0.5) is 0 Å². The van der Waals surface area contributed by atoms with Gasteiger partial charge in [0.1, 0.15) is 0 Å². The highest BCUT2D eigenvalue weighted by Crippen LogP contribution is 2.59. The van der Waals surface area contributed by atoms with Crippen LogP contribution < -0.4 is 0 Å². The zero-order chi connectivity index (χ0) is 12.7. The number of hydrogen-bond acceptors (Lipinski definition) is 3. The Balaban J connectivity index is 2.25. The Bertz CT molecular complexity index is 266. The quantitative estimate of drug-likeness (QED) is 0.704. The second-order valence-electron chi connectivity index (χ2n) is 7.43. The maximum absolute atomic E-state index is 9.79. The first kappa shape index (κ1) is 13.3. The zero-order valence-electron chi connectivity index (χ0n) is 11.1. The number of rotatable bonds is 3. The fourth-order valence-corrected chi connectivity index (χ4v) is 4.80. The predicted molar refractivity (Wildman–Crippen MR) is 66.5 cm³/mol. The van der Waals surface area contributed by atoms with E-state index in [-0.39, 0.29) is 36.1 Å². The highest BCUT2D eigenvalue weighted by Gasteiger charge is 2.53. The second-order valence-corrected chi connectivity index (χ2v) is 7.43. The first-order valence-corrected chi connectivity index (χ1v) is 6.71. The van der Waals surface area contributed by atoms with Gasteiger partial charge >= 0.3 is 0 Å². The Morgan fingerprint density at radius 2 is 1.29 bits per heavy atom. The van der Waals surface area contributed by atoms with E-state index in [1.807, 2.05) is 0 Å². The van der Waals surface area contributed by atoms with Crippen molar-refractivity contribution in [1.82, 2.24) is 0 Å². The zero-order valence-corrected chi connectivity index (χ0v) is 11.1. The third-order valence-corrected chi connectivity index (χ3v) is 4.99. The standard InChI is InChI=1S/C14H26O3/c1-12(8-15)3-11-4-13(2,9-16)7-14(5-11,6-12)10-17/h11,15-17H,3-10H2,1-2H3. The summed E-state index contributed by atoms with van der Waals surface area (Å²) in [4.78, 5) is 0. The highest BCUT2D eigenvalue weighted by atomic mass is 16.3. The molecule has 2 fully saturated rings.